The number of para-hydroxylation sites is 1. The lowest BCUT2D eigenvalue weighted by molar-refractivity contribution is 0.126. The van der Waals surface area contributed by atoms with Crippen LogP contribution in [0.25, 0.3) is 10.9 Å². The molecule has 1 aliphatic carbocycles. The zero-order valence-corrected chi connectivity index (χ0v) is 15.6. The van der Waals surface area contributed by atoms with Gasteiger partial charge in [0.05, 0.1) is 5.52 Å². The first-order chi connectivity index (χ1) is 10.9. The molecule has 24 heavy (non-hydrogen) atoms. The van der Waals surface area contributed by atoms with E-state index in [-0.39, 0.29) is 24.8 Å². The van der Waals surface area contributed by atoms with Crippen molar-refractivity contribution in [2.24, 2.45) is 5.92 Å². The lowest BCUT2D eigenvalue weighted by Gasteiger charge is -2.39. The Hall–Kier alpha value is -0.870. The predicted molar refractivity (Wildman–Crippen MR) is 105 cm³/mol. The molecule has 0 unspecified atom stereocenters. The van der Waals surface area contributed by atoms with Crippen molar-refractivity contribution in [3.05, 3.63) is 42.1 Å². The highest BCUT2D eigenvalue weighted by atomic mass is 35.5. The summed E-state index contributed by atoms with van der Waals surface area (Å²) in [5.41, 5.74) is 2.64. The van der Waals surface area contributed by atoms with E-state index in [1.54, 1.807) is 0 Å². The van der Waals surface area contributed by atoms with Gasteiger partial charge < -0.3 is 5.32 Å². The quantitative estimate of drug-likeness (QED) is 0.880. The fraction of sp³-hybridized carbons (Fsp3) is 0.526. The number of nitrogens with one attached hydrogen (secondary N) is 1. The number of aromatic nitrogens is 1. The molecule has 2 aromatic rings. The van der Waals surface area contributed by atoms with Crippen LogP contribution in [0.15, 0.2) is 36.5 Å². The van der Waals surface area contributed by atoms with E-state index >= 15 is 0 Å². The lowest BCUT2D eigenvalue weighted by atomic mass is 9.88. The highest BCUT2D eigenvalue weighted by molar-refractivity contribution is 5.85. The first-order valence-electron chi connectivity index (χ1n) is 8.72. The molecule has 4 rings (SSSR count). The maximum absolute atomic E-state index is 4.57. The fourth-order valence-corrected chi connectivity index (χ4v) is 4.36. The molecule has 1 saturated carbocycles. The SMILES string of the molecule is Cl.Cl.c1ccc2c([C@@H](C3CCCC3)N3CCNCC3)ccnc2c1. The highest BCUT2D eigenvalue weighted by Crippen LogP contribution is 2.41. The summed E-state index contributed by atoms with van der Waals surface area (Å²) in [5.74, 6) is 0.809. The number of hydrogen-bond donors (Lipinski definition) is 1. The Kier molecular flexibility index (Phi) is 7.30. The second-order valence-corrected chi connectivity index (χ2v) is 6.69. The average Bonchev–Trinajstić information content (AvgIpc) is 3.11. The Morgan fingerprint density at radius 1 is 1.00 bits per heavy atom. The van der Waals surface area contributed by atoms with E-state index in [1.165, 1.54) is 36.6 Å². The lowest BCUT2D eigenvalue weighted by Crippen LogP contribution is -2.46. The van der Waals surface area contributed by atoms with Crippen molar-refractivity contribution in [2.75, 3.05) is 26.2 Å². The van der Waals surface area contributed by atoms with Crippen LogP contribution < -0.4 is 5.32 Å². The summed E-state index contributed by atoms with van der Waals surface area (Å²) >= 11 is 0. The first-order valence-corrected chi connectivity index (χ1v) is 8.72. The molecule has 2 heterocycles. The maximum Gasteiger partial charge on any atom is 0.0705 e. The molecule has 1 aliphatic heterocycles. The molecule has 1 atom stereocenters. The molecule has 1 aromatic carbocycles. The summed E-state index contributed by atoms with van der Waals surface area (Å²) in [6.45, 7) is 4.56. The minimum atomic E-state index is 0. The molecule has 0 bridgehead atoms. The van der Waals surface area contributed by atoms with Gasteiger partial charge >= 0.3 is 0 Å². The molecule has 132 valence electrons. The summed E-state index contributed by atoms with van der Waals surface area (Å²) < 4.78 is 0. The number of halogens is 2. The molecule has 2 aliphatic rings. The average molecular weight is 368 g/mol. The van der Waals surface area contributed by atoms with Gasteiger partial charge in [-0.3, -0.25) is 9.88 Å². The fourth-order valence-electron chi connectivity index (χ4n) is 4.36. The molecule has 2 fully saturated rings. The molecule has 1 saturated heterocycles. The van der Waals surface area contributed by atoms with Crippen molar-refractivity contribution < 1.29 is 0 Å². The van der Waals surface area contributed by atoms with Gasteiger partial charge in [-0.1, -0.05) is 31.0 Å². The van der Waals surface area contributed by atoms with E-state index in [0.717, 1.165) is 37.6 Å². The van der Waals surface area contributed by atoms with Crippen molar-refractivity contribution in [3.63, 3.8) is 0 Å². The summed E-state index contributed by atoms with van der Waals surface area (Å²) in [6, 6.07) is 11.5. The Morgan fingerprint density at radius 2 is 1.71 bits per heavy atom. The van der Waals surface area contributed by atoms with Gasteiger partial charge in [0.25, 0.3) is 0 Å². The summed E-state index contributed by atoms with van der Waals surface area (Å²) in [6.07, 6.45) is 7.56. The normalized spacial score (nSPS) is 20.3. The monoisotopic (exact) mass is 367 g/mol. The third-order valence-corrected chi connectivity index (χ3v) is 5.39. The van der Waals surface area contributed by atoms with Gasteiger partial charge in [0, 0.05) is 43.8 Å². The molecule has 0 amide bonds. The van der Waals surface area contributed by atoms with E-state index in [1.807, 2.05) is 6.20 Å². The smallest absolute Gasteiger partial charge is 0.0705 e. The van der Waals surface area contributed by atoms with Crippen LogP contribution in [-0.2, 0) is 0 Å². The van der Waals surface area contributed by atoms with E-state index in [0.29, 0.717) is 6.04 Å². The van der Waals surface area contributed by atoms with Gasteiger partial charge in [-0.15, -0.1) is 24.8 Å². The molecule has 5 heteroatoms. The Balaban J connectivity index is 0.00000104. The van der Waals surface area contributed by atoms with E-state index in [4.69, 9.17) is 0 Å². The zero-order chi connectivity index (χ0) is 14.8. The number of fused-ring (bicyclic) bond motifs is 1. The summed E-state index contributed by atoms with van der Waals surface area (Å²) in [4.78, 5) is 7.28. The van der Waals surface area contributed by atoms with Gasteiger partial charge in [0.15, 0.2) is 0 Å². The van der Waals surface area contributed by atoms with Crippen LogP contribution in [0.2, 0.25) is 0 Å². The number of nitrogens with zero attached hydrogens (tertiary/aromatic N) is 2. The van der Waals surface area contributed by atoms with Crippen molar-refractivity contribution in [3.8, 4) is 0 Å². The standard InChI is InChI=1S/C19H25N3.2ClH/c1-2-6-15(5-1)19(22-13-11-20-12-14-22)17-9-10-21-18-8-4-3-7-16(17)18;;/h3-4,7-10,15,19-20H,1-2,5-6,11-14H2;2*1H/t19-;;/m1../s1. The van der Waals surface area contributed by atoms with Crippen LogP contribution in [0.5, 0.6) is 0 Å². The summed E-state index contributed by atoms with van der Waals surface area (Å²) in [5, 5.41) is 4.84. The van der Waals surface area contributed by atoms with E-state index < -0.39 is 0 Å². The number of piperazine rings is 1. The number of pyridine rings is 1. The highest BCUT2D eigenvalue weighted by Gasteiger charge is 2.32. The topological polar surface area (TPSA) is 28.2 Å². The third kappa shape index (κ3) is 3.85. The zero-order valence-electron chi connectivity index (χ0n) is 14.0. The second-order valence-electron chi connectivity index (χ2n) is 6.69. The maximum atomic E-state index is 4.57. The largest absolute Gasteiger partial charge is 0.314 e. The minimum Gasteiger partial charge on any atom is -0.314 e. The third-order valence-electron chi connectivity index (χ3n) is 5.39. The Morgan fingerprint density at radius 3 is 2.46 bits per heavy atom. The van der Waals surface area contributed by atoms with Crippen LogP contribution in [0.3, 0.4) is 0 Å². The van der Waals surface area contributed by atoms with Crippen LogP contribution >= 0.6 is 24.8 Å². The predicted octanol–water partition coefficient (Wildman–Crippen LogP) is 4.21. The van der Waals surface area contributed by atoms with Crippen molar-refractivity contribution >= 4 is 35.7 Å². The van der Waals surface area contributed by atoms with Crippen LogP contribution in [-0.4, -0.2) is 36.1 Å². The molecular weight excluding hydrogens is 341 g/mol. The Bertz CT molecular complexity index is 632. The van der Waals surface area contributed by atoms with Gasteiger partial charge in [-0.05, 0) is 36.5 Å². The van der Waals surface area contributed by atoms with Crippen molar-refractivity contribution in [2.45, 2.75) is 31.7 Å². The number of rotatable bonds is 3. The van der Waals surface area contributed by atoms with E-state index in [9.17, 15) is 0 Å². The second kappa shape index (κ2) is 9.00. The van der Waals surface area contributed by atoms with Gasteiger partial charge in [0.2, 0.25) is 0 Å². The van der Waals surface area contributed by atoms with Crippen LogP contribution in [0.4, 0.5) is 0 Å². The van der Waals surface area contributed by atoms with Crippen molar-refractivity contribution in [1.82, 2.24) is 15.2 Å². The molecule has 0 radical (unpaired) electrons. The Labute approximate surface area is 157 Å². The summed E-state index contributed by atoms with van der Waals surface area (Å²) in [7, 11) is 0. The van der Waals surface area contributed by atoms with Crippen LogP contribution in [0.1, 0.15) is 37.3 Å². The van der Waals surface area contributed by atoms with Gasteiger partial charge in [-0.2, -0.15) is 0 Å². The van der Waals surface area contributed by atoms with Gasteiger partial charge in [-0.25, -0.2) is 0 Å². The van der Waals surface area contributed by atoms with E-state index in [2.05, 4.69) is 45.5 Å². The molecule has 1 N–H and O–H groups in total. The molecule has 1 aromatic heterocycles. The molecule has 0 spiro atoms. The number of hydrogen-bond acceptors (Lipinski definition) is 3. The first kappa shape index (κ1) is 19.5. The van der Waals surface area contributed by atoms with Crippen molar-refractivity contribution in [1.29, 1.82) is 0 Å². The molecular formula is C19H27Cl2N3. The molecule has 3 nitrogen and oxygen atoms in total. The number of benzene rings is 1. The van der Waals surface area contributed by atoms with Gasteiger partial charge in [0.1, 0.15) is 0 Å². The van der Waals surface area contributed by atoms with Crippen LogP contribution in [0, 0.1) is 5.92 Å². The minimum absolute atomic E-state index is 0.